The first-order chi connectivity index (χ1) is 11.9. The van der Waals surface area contributed by atoms with Crippen LogP contribution in [0, 0.1) is 5.82 Å². The van der Waals surface area contributed by atoms with Gasteiger partial charge in [0.25, 0.3) is 5.91 Å². The molecule has 2 aromatic rings. The molecule has 6 nitrogen and oxygen atoms in total. The van der Waals surface area contributed by atoms with E-state index in [1.54, 1.807) is 0 Å². The SMILES string of the molecule is Cl.O=C(NC1CCCNC1)c1nnn(-c2cccc(F)c2)c1C(F)(F)F. The van der Waals surface area contributed by atoms with Crippen molar-refractivity contribution in [1.82, 2.24) is 25.6 Å². The molecule has 1 saturated heterocycles. The lowest BCUT2D eigenvalue weighted by Gasteiger charge is -2.23. The maximum atomic E-state index is 13.5. The summed E-state index contributed by atoms with van der Waals surface area (Å²) in [5.41, 5.74) is -2.33. The van der Waals surface area contributed by atoms with E-state index in [-0.39, 0.29) is 24.1 Å². The van der Waals surface area contributed by atoms with E-state index in [9.17, 15) is 22.4 Å². The monoisotopic (exact) mass is 393 g/mol. The largest absolute Gasteiger partial charge is 0.435 e. The van der Waals surface area contributed by atoms with Crippen molar-refractivity contribution in [1.29, 1.82) is 0 Å². The van der Waals surface area contributed by atoms with Crippen LogP contribution in [0.4, 0.5) is 17.6 Å². The van der Waals surface area contributed by atoms with E-state index in [2.05, 4.69) is 20.9 Å². The van der Waals surface area contributed by atoms with Crippen molar-refractivity contribution in [2.75, 3.05) is 13.1 Å². The number of rotatable bonds is 3. The van der Waals surface area contributed by atoms with Crippen LogP contribution in [0.1, 0.15) is 29.0 Å². The van der Waals surface area contributed by atoms with Gasteiger partial charge in [-0.15, -0.1) is 17.5 Å². The maximum Gasteiger partial charge on any atom is 0.435 e. The Morgan fingerprint density at radius 3 is 2.73 bits per heavy atom. The summed E-state index contributed by atoms with van der Waals surface area (Å²) in [7, 11) is 0. The summed E-state index contributed by atoms with van der Waals surface area (Å²) in [6, 6.07) is 4.20. The van der Waals surface area contributed by atoms with Crippen LogP contribution in [0.3, 0.4) is 0 Å². The van der Waals surface area contributed by atoms with Crippen LogP contribution in [0.15, 0.2) is 24.3 Å². The lowest BCUT2D eigenvalue weighted by molar-refractivity contribution is -0.143. The number of carbonyl (C=O) groups is 1. The van der Waals surface area contributed by atoms with Crippen LogP contribution in [0.5, 0.6) is 0 Å². The number of alkyl halides is 3. The molecule has 1 aromatic carbocycles. The molecular formula is C15H16ClF4N5O. The van der Waals surface area contributed by atoms with Gasteiger partial charge in [0.05, 0.1) is 5.69 Å². The van der Waals surface area contributed by atoms with E-state index in [4.69, 9.17) is 0 Å². The summed E-state index contributed by atoms with van der Waals surface area (Å²) < 4.78 is 54.2. The lowest BCUT2D eigenvalue weighted by atomic mass is 10.1. The summed E-state index contributed by atoms with van der Waals surface area (Å²) >= 11 is 0. The van der Waals surface area contributed by atoms with Crippen molar-refractivity contribution >= 4 is 18.3 Å². The van der Waals surface area contributed by atoms with Gasteiger partial charge in [-0.05, 0) is 37.6 Å². The number of piperidine rings is 1. The minimum Gasteiger partial charge on any atom is -0.347 e. The molecule has 26 heavy (non-hydrogen) atoms. The Balaban J connectivity index is 0.00000243. The van der Waals surface area contributed by atoms with Crippen LogP contribution in [-0.4, -0.2) is 40.0 Å². The fourth-order valence-electron chi connectivity index (χ4n) is 2.71. The van der Waals surface area contributed by atoms with Crippen molar-refractivity contribution in [3.63, 3.8) is 0 Å². The second-order valence-electron chi connectivity index (χ2n) is 5.69. The molecule has 1 aliphatic heterocycles. The highest BCUT2D eigenvalue weighted by molar-refractivity contribution is 5.93. The molecule has 0 aliphatic carbocycles. The number of carbonyl (C=O) groups excluding carboxylic acids is 1. The van der Waals surface area contributed by atoms with Gasteiger partial charge in [-0.1, -0.05) is 11.3 Å². The van der Waals surface area contributed by atoms with Crippen molar-refractivity contribution < 1.29 is 22.4 Å². The van der Waals surface area contributed by atoms with Gasteiger partial charge in [0.2, 0.25) is 0 Å². The van der Waals surface area contributed by atoms with Crippen LogP contribution in [0.2, 0.25) is 0 Å². The lowest BCUT2D eigenvalue weighted by Crippen LogP contribution is -2.46. The highest BCUT2D eigenvalue weighted by Crippen LogP contribution is 2.32. The molecule has 0 radical (unpaired) electrons. The Kier molecular flexibility index (Phi) is 6.19. The van der Waals surface area contributed by atoms with Gasteiger partial charge < -0.3 is 10.6 Å². The van der Waals surface area contributed by atoms with E-state index in [0.717, 1.165) is 25.1 Å². The van der Waals surface area contributed by atoms with Gasteiger partial charge in [0, 0.05) is 12.6 Å². The molecule has 0 spiro atoms. The number of hydrogen-bond acceptors (Lipinski definition) is 4. The van der Waals surface area contributed by atoms with Crippen LogP contribution < -0.4 is 10.6 Å². The predicted molar refractivity (Wildman–Crippen MR) is 86.9 cm³/mol. The second kappa shape index (κ2) is 8.00. The molecule has 0 saturated carbocycles. The molecule has 1 aliphatic rings. The number of benzene rings is 1. The number of nitrogens with one attached hydrogen (secondary N) is 2. The summed E-state index contributed by atoms with van der Waals surface area (Å²) in [6.45, 7) is 1.28. The third kappa shape index (κ3) is 4.31. The fraction of sp³-hybridized carbons (Fsp3) is 0.400. The number of amides is 1. The van der Waals surface area contributed by atoms with Gasteiger partial charge in [-0.3, -0.25) is 4.79 Å². The topological polar surface area (TPSA) is 71.8 Å². The van der Waals surface area contributed by atoms with Crippen LogP contribution in [0.25, 0.3) is 5.69 Å². The van der Waals surface area contributed by atoms with Crippen molar-refractivity contribution in [2.45, 2.75) is 25.1 Å². The van der Waals surface area contributed by atoms with E-state index >= 15 is 0 Å². The fourth-order valence-corrected chi connectivity index (χ4v) is 2.71. The Bertz CT molecular complexity index is 774. The molecule has 1 aromatic heterocycles. The number of hydrogen-bond donors (Lipinski definition) is 2. The van der Waals surface area contributed by atoms with Gasteiger partial charge in [-0.25, -0.2) is 9.07 Å². The van der Waals surface area contributed by atoms with Gasteiger partial charge in [0.15, 0.2) is 11.4 Å². The number of nitrogens with zero attached hydrogens (tertiary/aromatic N) is 3. The van der Waals surface area contributed by atoms with Gasteiger partial charge >= 0.3 is 6.18 Å². The first kappa shape index (κ1) is 20.1. The Morgan fingerprint density at radius 1 is 1.35 bits per heavy atom. The summed E-state index contributed by atoms with van der Waals surface area (Å²) in [5.74, 6) is -1.68. The predicted octanol–water partition coefficient (Wildman–Crippen LogP) is 2.33. The number of halogens is 5. The Morgan fingerprint density at radius 2 is 2.12 bits per heavy atom. The summed E-state index contributed by atoms with van der Waals surface area (Å²) in [5, 5.41) is 12.4. The molecule has 0 bridgehead atoms. The molecule has 1 fully saturated rings. The third-order valence-electron chi connectivity index (χ3n) is 3.84. The average Bonchev–Trinajstić information content (AvgIpc) is 3.01. The first-order valence-electron chi connectivity index (χ1n) is 7.66. The zero-order chi connectivity index (χ0) is 18.0. The molecule has 11 heteroatoms. The van der Waals surface area contributed by atoms with Crippen LogP contribution >= 0.6 is 12.4 Å². The van der Waals surface area contributed by atoms with Crippen molar-refractivity contribution in [2.24, 2.45) is 0 Å². The molecule has 2 N–H and O–H groups in total. The smallest absolute Gasteiger partial charge is 0.347 e. The molecule has 1 amide bonds. The zero-order valence-electron chi connectivity index (χ0n) is 13.4. The molecule has 142 valence electrons. The molecule has 3 rings (SSSR count). The van der Waals surface area contributed by atoms with Gasteiger partial charge in [0.1, 0.15) is 5.82 Å². The van der Waals surface area contributed by atoms with E-state index in [0.29, 0.717) is 17.6 Å². The quantitative estimate of drug-likeness (QED) is 0.785. The van der Waals surface area contributed by atoms with E-state index in [1.807, 2.05) is 0 Å². The van der Waals surface area contributed by atoms with E-state index in [1.165, 1.54) is 12.1 Å². The molecule has 1 unspecified atom stereocenters. The first-order valence-corrected chi connectivity index (χ1v) is 7.66. The third-order valence-corrected chi connectivity index (χ3v) is 3.84. The van der Waals surface area contributed by atoms with Crippen molar-refractivity contribution in [3.05, 3.63) is 41.5 Å². The molecular weight excluding hydrogens is 378 g/mol. The maximum absolute atomic E-state index is 13.5. The minimum absolute atomic E-state index is 0. The number of aromatic nitrogens is 3. The van der Waals surface area contributed by atoms with Crippen molar-refractivity contribution in [3.8, 4) is 5.69 Å². The minimum atomic E-state index is -4.88. The van der Waals surface area contributed by atoms with Gasteiger partial charge in [-0.2, -0.15) is 13.2 Å². The summed E-state index contributed by atoms with van der Waals surface area (Å²) in [4.78, 5) is 12.3. The normalized spacial score (nSPS) is 17.5. The highest BCUT2D eigenvalue weighted by Gasteiger charge is 2.42. The standard InChI is InChI=1S/C15H15F4N5O.ClH/c16-9-3-1-5-11(7-9)24-13(15(17,18)19)12(22-23-24)14(25)21-10-4-2-6-20-8-10;/h1,3,5,7,10,20H,2,4,6,8H2,(H,21,25);1H. The summed E-state index contributed by atoms with van der Waals surface area (Å²) in [6.07, 6.45) is -3.40. The molecule has 1 atom stereocenters. The van der Waals surface area contributed by atoms with E-state index < -0.39 is 29.3 Å². The Hall–Kier alpha value is -2.20. The second-order valence-corrected chi connectivity index (χ2v) is 5.69. The average molecular weight is 394 g/mol. The highest BCUT2D eigenvalue weighted by atomic mass is 35.5. The van der Waals surface area contributed by atoms with Crippen LogP contribution in [-0.2, 0) is 6.18 Å². The Labute approximate surface area is 152 Å². The molecule has 2 heterocycles. The zero-order valence-corrected chi connectivity index (χ0v) is 14.2.